The minimum absolute atomic E-state index is 0.00872. The van der Waals surface area contributed by atoms with Gasteiger partial charge in [-0.2, -0.15) is 5.10 Å². The average molecular weight is 485 g/mol. The molecule has 0 aliphatic heterocycles. The fraction of sp³-hybridized carbons (Fsp3) is 0.182. The van der Waals surface area contributed by atoms with E-state index in [-0.39, 0.29) is 28.1 Å². The molecule has 0 spiro atoms. The Morgan fingerprint density at radius 2 is 1.97 bits per heavy atom. The first-order chi connectivity index (χ1) is 15.7. The van der Waals surface area contributed by atoms with Crippen LogP contribution in [0.25, 0.3) is 11.0 Å². The fourth-order valence-corrected chi connectivity index (χ4v) is 4.74. The van der Waals surface area contributed by atoms with Crippen molar-refractivity contribution in [2.24, 2.45) is 0 Å². The molecule has 1 amide bonds. The highest BCUT2D eigenvalue weighted by molar-refractivity contribution is 7.89. The van der Waals surface area contributed by atoms with Crippen LogP contribution in [0, 0.1) is 0 Å². The number of rotatable bonds is 7. The Morgan fingerprint density at radius 1 is 1.15 bits per heavy atom. The van der Waals surface area contributed by atoms with Gasteiger partial charge in [0.1, 0.15) is 4.90 Å². The van der Waals surface area contributed by atoms with E-state index in [1.54, 1.807) is 41.5 Å². The maximum absolute atomic E-state index is 12.8. The van der Waals surface area contributed by atoms with E-state index in [2.05, 4.69) is 25.1 Å². The summed E-state index contributed by atoms with van der Waals surface area (Å²) in [5.41, 5.74) is 2.00. The first-order valence-corrected chi connectivity index (χ1v) is 11.9. The lowest BCUT2D eigenvalue weighted by atomic mass is 10.2. The zero-order chi connectivity index (χ0) is 23.6. The second-order valence-corrected chi connectivity index (χ2v) is 9.75. The minimum Gasteiger partial charge on any atom is -0.321 e. The van der Waals surface area contributed by atoms with Crippen molar-refractivity contribution in [2.45, 2.75) is 31.3 Å². The van der Waals surface area contributed by atoms with Crippen molar-refractivity contribution in [3.8, 4) is 0 Å². The number of aromatic nitrogens is 4. The smallest absolute Gasteiger partial charge is 0.255 e. The van der Waals surface area contributed by atoms with Gasteiger partial charge < -0.3 is 5.32 Å². The Bertz CT molecular complexity index is 1420. The van der Waals surface area contributed by atoms with Crippen LogP contribution >= 0.6 is 11.6 Å². The van der Waals surface area contributed by atoms with E-state index in [0.29, 0.717) is 16.9 Å². The van der Waals surface area contributed by atoms with Gasteiger partial charge in [-0.25, -0.2) is 22.8 Å². The van der Waals surface area contributed by atoms with Gasteiger partial charge >= 0.3 is 0 Å². The Hall–Kier alpha value is -3.34. The largest absolute Gasteiger partial charge is 0.321 e. The van der Waals surface area contributed by atoms with Crippen molar-refractivity contribution < 1.29 is 13.2 Å². The lowest BCUT2D eigenvalue weighted by Gasteiger charge is -2.11. The summed E-state index contributed by atoms with van der Waals surface area (Å²) in [6.07, 6.45) is 6.37. The Morgan fingerprint density at radius 3 is 2.70 bits per heavy atom. The summed E-state index contributed by atoms with van der Waals surface area (Å²) in [4.78, 5) is 21.0. The molecule has 33 heavy (non-hydrogen) atoms. The molecular weight excluding hydrogens is 464 g/mol. The molecule has 3 aromatic heterocycles. The number of nitrogens with one attached hydrogen (secondary N) is 2. The highest BCUT2D eigenvalue weighted by Gasteiger charge is 2.20. The van der Waals surface area contributed by atoms with Crippen LogP contribution < -0.4 is 10.0 Å². The Kier molecular flexibility index (Phi) is 6.41. The Balaban J connectivity index is 1.54. The molecule has 0 fully saturated rings. The van der Waals surface area contributed by atoms with Gasteiger partial charge in [-0.1, -0.05) is 17.7 Å². The highest BCUT2D eigenvalue weighted by atomic mass is 35.5. The lowest BCUT2D eigenvalue weighted by molar-refractivity contribution is 0.102. The molecule has 170 valence electrons. The number of benzene rings is 1. The van der Waals surface area contributed by atoms with Crippen LogP contribution in [0.4, 0.5) is 5.69 Å². The van der Waals surface area contributed by atoms with Crippen molar-refractivity contribution in [2.75, 3.05) is 5.32 Å². The second kappa shape index (κ2) is 9.26. The molecule has 1 aromatic carbocycles. The van der Waals surface area contributed by atoms with Gasteiger partial charge in [0, 0.05) is 35.9 Å². The number of halogens is 1. The quantitative estimate of drug-likeness (QED) is 0.412. The first-order valence-electron chi connectivity index (χ1n) is 10.1. The zero-order valence-electron chi connectivity index (χ0n) is 17.9. The van der Waals surface area contributed by atoms with Crippen molar-refractivity contribution in [3.63, 3.8) is 0 Å². The van der Waals surface area contributed by atoms with E-state index in [4.69, 9.17) is 11.6 Å². The van der Waals surface area contributed by atoms with E-state index in [1.807, 2.05) is 13.8 Å². The van der Waals surface area contributed by atoms with Crippen LogP contribution in [0.3, 0.4) is 0 Å². The number of hydrogen-bond acceptors (Lipinski definition) is 6. The topological polar surface area (TPSA) is 119 Å². The van der Waals surface area contributed by atoms with E-state index in [9.17, 15) is 13.2 Å². The standard InChI is InChI=1S/C22H21ClN6O3S/c1-14(2)29-21-17(12-26-29)8-18(13-25-21)28-22(30)16-5-6-19(23)20(9-16)33(31,32)27-11-15-4-3-7-24-10-15/h3-10,12-14,27H,11H2,1-2H3,(H,28,30). The normalized spacial score (nSPS) is 11.8. The van der Waals surface area contributed by atoms with Gasteiger partial charge in [-0.05, 0) is 49.7 Å². The van der Waals surface area contributed by atoms with Gasteiger partial charge in [-0.3, -0.25) is 9.78 Å². The molecule has 0 bridgehead atoms. The molecule has 0 saturated heterocycles. The summed E-state index contributed by atoms with van der Waals surface area (Å²) in [5.74, 6) is -0.493. The van der Waals surface area contributed by atoms with E-state index >= 15 is 0 Å². The monoisotopic (exact) mass is 484 g/mol. The fourth-order valence-electron chi connectivity index (χ4n) is 3.20. The third-order valence-corrected chi connectivity index (χ3v) is 6.74. The van der Waals surface area contributed by atoms with Gasteiger partial charge in [0.15, 0.2) is 5.65 Å². The van der Waals surface area contributed by atoms with Crippen LogP contribution in [0.5, 0.6) is 0 Å². The van der Waals surface area contributed by atoms with Crippen molar-refractivity contribution in [1.82, 2.24) is 24.5 Å². The number of carbonyl (C=O) groups is 1. The summed E-state index contributed by atoms with van der Waals surface area (Å²) < 4.78 is 29.9. The van der Waals surface area contributed by atoms with Crippen LogP contribution in [0.15, 0.2) is 66.1 Å². The summed E-state index contributed by atoms with van der Waals surface area (Å²) in [6, 6.07) is 9.44. The molecule has 0 saturated carbocycles. The Labute approximate surface area is 195 Å². The van der Waals surface area contributed by atoms with Crippen molar-refractivity contribution >= 4 is 44.3 Å². The number of anilines is 1. The van der Waals surface area contributed by atoms with E-state index in [0.717, 1.165) is 5.39 Å². The van der Waals surface area contributed by atoms with Crippen molar-refractivity contribution in [3.05, 3.63) is 77.3 Å². The molecule has 0 unspecified atom stereocenters. The number of carbonyl (C=O) groups excluding carboxylic acids is 1. The van der Waals surface area contributed by atoms with E-state index in [1.165, 1.54) is 24.4 Å². The third kappa shape index (κ3) is 5.03. The second-order valence-electron chi connectivity index (χ2n) is 7.60. The van der Waals surface area contributed by atoms with Gasteiger partial charge in [0.25, 0.3) is 5.91 Å². The van der Waals surface area contributed by atoms with Crippen LogP contribution in [0.1, 0.15) is 35.8 Å². The maximum atomic E-state index is 12.8. The molecule has 2 N–H and O–H groups in total. The van der Waals surface area contributed by atoms with Crippen LogP contribution in [-0.2, 0) is 16.6 Å². The number of amides is 1. The van der Waals surface area contributed by atoms with Crippen LogP contribution in [0.2, 0.25) is 5.02 Å². The molecule has 4 rings (SSSR count). The predicted molar refractivity (Wildman–Crippen MR) is 126 cm³/mol. The summed E-state index contributed by atoms with van der Waals surface area (Å²) >= 11 is 6.14. The predicted octanol–water partition coefficient (Wildman–Crippen LogP) is 3.79. The van der Waals surface area contributed by atoms with Crippen LogP contribution in [-0.4, -0.2) is 34.1 Å². The van der Waals surface area contributed by atoms with Gasteiger partial charge in [0.2, 0.25) is 10.0 Å². The molecular formula is C22H21ClN6O3S. The molecule has 11 heteroatoms. The van der Waals surface area contributed by atoms with Crippen molar-refractivity contribution in [1.29, 1.82) is 0 Å². The van der Waals surface area contributed by atoms with E-state index < -0.39 is 15.9 Å². The first kappa shape index (κ1) is 22.8. The molecule has 3 heterocycles. The number of sulfonamides is 1. The number of hydrogen-bond donors (Lipinski definition) is 2. The summed E-state index contributed by atoms with van der Waals surface area (Å²) in [5, 5.41) is 7.84. The van der Waals surface area contributed by atoms with Gasteiger partial charge in [0.05, 0.1) is 23.1 Å². The SMILES string of the molecule is CC(C)n1ncc2cc(NC(=O)c3ccc(Cl)c(S(=O)(=O)NCc4cccnc4)c3)cnc21. The summed E-state index contributed by atoms with van der Waals surface area (Å²) in [6.45, 7) is 4.04. The molecule has 0 radical (unpaired) electrons. The average Bonchev–Trinajstić information content (AvgIpc) is 3.22. The molecule has 0 aliphatic rings. The highest BCUT2D eigenvalue weighted by Crippen LogP contribution is 2.24. The number of fused-ring (bicyclic) bond motifs is 1. The lowest BCUT2D eigenvalue weighted by Crippen LogP contribution is -2.24. The van der Waals surface area contributed by atoms with Gasteiger partial charge in [-0.15, -0.1) is 0 Å². The molecule has 0 atom stereocenters. The summed E-state index contributed by atoms with van der Waals surface area (Å²) in [7, 11) is -3.97. The zero-order valence-corrected chi connectivity index (χ0v) is 19.4. The third-order valence-electron chi connectivity index (χ3n) is 4.85. The minimum atomic E-state index is -3.97. The molecule has 0 aliphatic carbocycles. The number of nitrogens with zero attached hydrogens (tertiary/aromatic N) is 4. The maximum Gasteiger partial charge on any atom is 0.255 e. The molecule has 4 aromatic rings. The number of pyridine rings is 2. The molecule has 9 nitrogen and oxygen atoms in total.